The summed E-state index contributed by atoms with van der Waals surface area (Å²) in [6, 6.07) is 7.73. The van der Waals surface area contributed by atoms with Crippen molar-refractivity contribution in [1.82, 2.24) is 10.6 Å². The van der Waals surface area contributed by atoms with Gasteiger partial charge in [-0.2, -0.15) is 0 Å². The summed E-state index contributed by atoms with van der Waals surface area (Å²) in [7, 11) is 0. The Hall–Kier alpha value is -1.68. The molecule has 0 aliphatic carbocycles. The Morgan fingerprint density at radius 1 is 1.29 bits per heavy atom. The molecule has 1 aromatic carbocycles. The topological polar surface area (TPSA) is 58.2 Å². The summed E-state index contributed by atoms with van der Waals surface area (Å²) in [5, 5.41) is 5.41. The van der Waals surface area contributed by atoms with Gasteiger partial charge in [0, 0.05) is 6.54 Å². The van der Waals surface area contributed by atoms with Crippen molar-refractivity contribution in [3.8, 4) is 0 Å². The van der Waals surface area contributed by atoms with Crippen LogP contribution < -0.4 is 10.6 Å². The molecule has 1 saturated heterocycles. The van der Waals surface area contributed by atoms with E-state index in [-0.39, 0.29) is 24.3 Å². The van der Waals surface area contributed by atoms with Crippen molar-refractivity contribution >= 4 is 11.8 Å². The molecule has 1 atom stereocenters. The highest BCUT2D eigenvalue weighted by molar-refractivity contribution is 6.05. The van der Waals surface area contributed by atoms with Gasteiger partial charge in [0.1, 0.15) is 0 Å². The van der Waals surface area contributed by atoms with Crippen LogP contribution in [0.2, 0.25) is 0 Å². The molecule has 2 N–H and O–H groups in total. The second-order valence-electron chi connectivity index (χ2n) is 4.17. The maximum Gasteiger partial charge on any atom is 0.244 e. The molecule has 1 aromatic rings. The van der Waals surface area contributed by atoms with Crippen molar-refractivity contribution < 1.29 is 9.59 Å². The Kier molecular flexibility index (Phi) is 3.54. The number of carbonyl (C=O) groups excluding carboxylic acids is 2. The summed E-state index contributed by atoms with van der Waals surface area (Å²) in [6.45, 7) is 2.72. The van der Waals surface area contributed by atoms with Crippen LogP contribution in [0.3, 0.4) is 0 Å². The monoisotopic (exact) mass is 232 g/mol. The number of rotatable bonds is 4. The molecule has 1 unspecified atom stereocenters. The van der Waals surface area contributed by atoms with Crippen LogP contribution in [-0.4, -0.2) is 17.9 Å². The van der Waals surface area contributed by atoms with Gasteiger partial charge in [-0.1, -0.05) is 31.2 Å². The number of amides is 2. The van der Waals surface area contributed by atoms with E-state index in [0.29, 0.717) is 6.54 Å². The molecule has 0 aromatic heterocycles. The van der Waals surface area contributed by atoms with Gasteiger partial charge in [-0.25, -0.2) is 0 Å². The maximum absolute atomic E-state index is 11.4. The number of aryl methyl sites for hydroxylation is 1. The van der Waals surface area contributed by atoms with Gasteiger partial charge in [0.25, 0.3) is 0 Å². The summed E-state index contributed by atoms with van der Waals surface area (Å²) < 4.78 is 0. The van der Waals surface area contributed by atoms with Crippen LogP contribution in [0.25, 0.3) is 0 Å². The predicted molar refractivity (Wildman–Crippen MR) is 64.2 cm³/mol. The van der Waals surface area contributed by atoms with Crippen molar-refractivity contribution in [2.24, 2.45) is 0 Å². The fraction of sp³-hybridized carbons (Fsp3) is 0.385. The van der Waals surface area contributed by atoms with Crippen LogP contribution in [0.1, 0.15) is 24.5 Å². The van der Waals surface area contributed by atoms with Crippen LogP contribution >= 0.6 is 0 Å². The molecule has 90 valence electrons. The zero-order valence-corrected chi connectivity index (χ0v) is 9.82. The summed E-state index contributed by atoms with van der Waals surface area (Å²) in [4.78, 5) is 22.4. The lowest BCUT2D eigenvalue weighted by Crippen LogP contribution is -2.36. The Morgan fingerprint density at radius 2 is 2.00 bits per heavy atom. The predicted octanol–water partition coefficient (Wildman–Crippen LogP) is 0.754. The van der Waals surface area contributed by atoms with Gasteiger partial charge in [-0.15, -0.1) is 0 Å². The van der Waals surface area contributed by atoms with E-state index in [1.807, 2.05) is 18.2 Å². The second kappa shape index (κ2) is 5.10. The fourth-order valence-corrected chi connectivity index (χ4v) is 2.03. The van der Waals surface area contributed by atoms with E-state index in [1.165, 1.54) is 11.1 Å². The van der Waals surface area contributed by atoms with Crippen molar-refractivity contribution in [3.63, 3.8) is 0 Å². The van der Waals surface area contributed by atoms with Crippen LogP contribution in [0.5, 0.6) is 0 Å². The molecule has 2 amide bonds. The lowest BCUT2D eigenvalue weighted by Gasteiger charge is -2.11. The number of benzene rings is 1. The van der Waals surface area contributed by atoms with Crippen LogP contribution in [0.15, 0.2) is 24.3 Å². The van der Waals surface area contributed by atoms with E-state index in [9.17, 15) is 9.59 Å². The van der Waals surface area contributed by atoms with Gasteiger partial charge in [-0.3, -0.25) is 14.9 Å². The van der Waals surface area contributed by atoms with E-state index in [0.717, 1.165) is 6.42 Å². The minimum atomic E-state index is -0.382. The smallest absolute Gasteiger partial charge is 0.244 e. The number of hydrogen-bond donors (Lipinski definition) is 2. The molecule has 1 heterocycles. The molecule has 1 fully saturated rings. The highest BCUT2D eigenvalue weighted by Crippen LogP contribution is 2.10. The van der Waals surface area contributed by atoms with E-state index in [4.69, 9.17) is 0 Å². The highest BCUT2D eigenvalue weighted by Gasteiger charge is 2.29. The second-order valence-corrected chi connectivity index (χ2v) is 4.17. The van der Waals surface area contributed by atoms with Crippen LogP contribution in [0.4, 0.5) is 0 Å². The summed E-state index contributed by atoms with van der Waals surface area (Å²) >= 11 is 0. The quantitative estimate of drug-likeness (QED) is 0.753. The number of hydrogen-bond acceptors (Lipinski definition) is 3. The minimum Gasteiger partial charge on any atom is -0.301 e. The summed E-state index contributed by atoms with van der Waals surface area (Å²) in [6.07, 6.45) is 1.21. The molecule has 0 radical (unpaired) electrons. The number of imide groups is 1. The SMILES string of the molecule is CCc1ccccc1CNC1CC(=O)NC1=O. The zero-order valence-electron chi connectivity index (χ0n) is 9.82. The molecule has 0 bridgehead atoms. The third-order valence-corrected chi connectivity index (χ3v) is 3.01. The standard InChI is InChI=1S/C13H16N2O2/c1-2-9-5-3-4-6-10(9)8-14-11-7-12(16)15-13(11)17/h3-6,11,14H,2,7-8H2,1H3,(H,15,16,17). The molecule has 1 aliphatic heterocycles. The van der Waals surface area contributed by atoms with Gasteiger partial charge in [-0.05, 0) is 17.5 Å². The van der Waals surface area contributed by atoms with Crippen molar-refractivity contribution in [2.45, 2.75) is 32.4 Å². The number of nitrogens with one attached hydrogen (secondary N) is 2. The van der Waals surface area contributed by atoms with E-state index in [2.05, 4.69) is 23.6 Å². The first-order chi connectivity index (χ1) is 8.20. The van der Waals surface area contributed by atoms with Crippen LogP contribution in [-0.2, 0) is 22.6 Å². The lowest BCUT2D eigenvalue weighted by molar-refractivity contribution is -0.125. The van der Waals surface area contributed by atoms with Gasteiger partial charge in [0.05, 0.1) is 12.5 Å². The zero-order chi connectivity index (χ0) is 12.3. The highest BCUT2D eigenvalue weighted by atomic mass is 16.2. The Morgan fingerprint density at radius 3 is 2.59 bits per heavy atom. The van der Waals surface area contributed by atoms with Crippen LogP contribution in [0, 0.1) is 0 Å². The van der Waals surface area contributed by atoms with E-state index in [1.54, 1.807) is 0 Å². The van der Waals surface area contributed by atoms with E-state index < -0.39 is 0 Å². The first-order valence-corrected chi connectivity index (χ1v) is 5.84. The molecule has 0 saturated carbocycles. The Labute approximate surface area is 100 Å². The molecular weight excluding hydrogens is 216 g/mol. The minimum absolute atomic E-state index is 0.198. The summed E-state index contributed by atoms with van der Waals surface area (Å²) in [5.41, 5.74) is 2.45. The number of carbonyl (C=O) groups is 2. The maximum atomic E-state index is 11.4. The first-order valence-electron chi connectivity index (χ1n) is 5.84. The van der Waals surface area contributed by atoms with Crippen molar-refractivity contribution in [2.75, 3.05) is 0 Å². The fourth-order valence-electron chi connectivity index (χ4n) is 2.03. The first kappa shape index (κ1) is 11.8. The lowest BCUT2D eigenvalue weighted by atomic mass is 10.1. The normalized spacial score (nSPS) is 19.5. The van der Waals surface area contributed by atoms with Gasteiger partial charge >= 0.3 is 0 Å². The summed E-state index contributed by atoms with van der Waals surface area (Å²) in [5.74, 6) is -0.416. The van der Waals surface area contributed by atoms with E-state index >= 15 is 0 Å². The third kappa shape index (κ3) is 2.71. The molecule has 1 aliphatic rings. The van der Waals surface area contributed by atoms with Gasteiger partial charge in [0.15, 0.2) is 0 Å². The van der Waals surface area contributed by atoms with Gasteiger partial charge in [0.2, 0.25) is 11.8 Å². The largest absolute Gasteiger partial charge is 0.301 e. The van der Waals surface area contributed by atoms with Gasteiger partial charge < -0.3 is 5.32 Å². The Balaban J connectivity index is 1.98. The molecule has 2 rings (SSSR count). The average molecular weight is 232 g/mol. The van der Waals surface area contributed by atoms with Crippen molar-refractivity contribution in [3.05, 3.63) is 35.4 Å². The molecule has 17 heavy (non-hydrogen) atoms. The average Bonchev–Trinajstić information content (AvgIpc) is 2.65. The van der Waals surface area contributed by atoms with Crippen molar-refractivity contribution in [1.29, 1.82) is 0 Å². The molecular formula is C13H16N2O2. The Bertz CT molecular complexity index is 443. The molecule has 0 spiro atoms. The third-order valence-electron chi connectivity index (χ3n) is 3.01. The molecule has 4 nitrogen and oxygen atoms in total. The molecule has 4 heteroatoms.